The molecule has 39 heavy (non-hydrogen) atoms. The molecule has 2 N–H and O–H groups in total. The van der Waals surface area contributed by atoms with Gasteiger partial charge in [0.2, 0.25) is 0 Å². The number of amides is 2. The third-order valence-electron chi connectivity index (χ3n) is 5.84. The molecule has 216 valence electrons. The summed E-state index contributed by atoms with van der Waals surface area (Å²) in [6.07, 6.45) is -1.04. The van der Waals surface area contributed by atoms with Crippen LogP contribution in [0.4, 0.5) is 19.3 Å². The Morgan fingerprint density at radius 2 is 1.77 bits per heavy atom. The SMILES string of the molecule is CCOC(Cc1ccc(OCCN(CCOCC(F)(F)CC)C(=O)Nc2cc(C)ccc2OC)cc1)C(=O)O. The van der Waals surface area contributed by atoms with Gasteiger partial charge in [-0.2, -0.15) is 0 Å². The minimum Gasteiger partial charge on any atom is -0.495 e. The Kier molecular flexibility index (Phi) is 12.9. The Hall–Kier alpha value is -3.44. The number of aliphatic carboxylic acids is 1. The van der Waals surface area contributed by atoms with Crippen molar-refractivity contribution in [3.8, 4) is 11.5 Å². The molecular formula is C28H38F2N2O7. The van der Waals surface area contributed by atoms with Gasteiger partial charge in [0.25, 0.3) is 5.92 Å². The Balaban J connectivity index is 2.00. The van der Waals surface area contributed by atoms with Gasteiger partial charge in [0.05, 0.1) is 25.9 Å². The number of benzene rings is 2. The predicted molar refractivity (Wildman–Crippen MR) is 143 cm³/mol. The molecule has 0 bridgehead atoms. The third-order valence-corrected chi connectivity index (χ3v) is 5.84. The lowest BCUT2D eigenvalue weighted by atomic mass is 10.1. The molecule has 9 nitrogen and oxygen atoms in total. The highest BCUT2D eigenvalue weighted by Crippen LogP contribution is 2.25. The van der Waals surface area contributed by atoms with E-state index in [0.29, 0.717) is 23.8 Å². The molecule has 0 heterocycles. The summed E-state index contributed by atoms with van der Waals surface area (Å²) in [5, 5.41) is 12.1. The average Bonchev–Trinajstić information content (AvgIpc) is 2.90. The summed E-state index contributed by atoms with van der Waals surface area (Å²) >= 11 is 0. The number of carbonyl (C=O) groups is 2. The smallest absolute Gasteiger partial charge is 0.333 e. The number of alkyl halides is 2. The maximum Gasteiger partial charge on any atom is 0.333 e. The molecule has 11 heteroatoms. The molecule has 2 aromatic carbocycles. The summed E-state index contributed by atoms with van der Waals surface area (Å²) in [6, 6.07) is 11.8. The standard InChI is InChI=1S/C28H38F2N2O7/c1-5-28(29,30)19-37-15-13-32(27(35)31-23-17-20(3)7-12-24(23)36-4)14-16-39-22-10-8-21(9-11-22)18-25(26(33)34)38-6-2/h7-12,17,25H,5-6,13-16,18-19H2,1-4H3,(H,31,35)(H,33,34). The van der Waals surface area contributed by atoms with Crippen molar-refractivity contribution in [3.63, 3.8) is 0 Å². The van der Waals surface area contributed by atoms with E-state index in [2.05, 4.69) is 5.32 Å². The molecule has 0 radical (unpaired) electrons. The fraction of sp³-hybridized carbons (Fsp3) is 0.500. The molecule has 0 aromatic heterocycles. The van der Waals surface area contributed by atoms with Gasteiger partial charge in [0.1, 0.15) is 24.7 Å². The number of aryl methyl sites for hydroxylation is 1. The van der Waals surface area contributed by atoms with Gasteiger partial charge in [0.15, 0.2) is 6.10 Å². The molecule has 0 spiro atoms. The lowest BCUT2D eigenvalue weighted by Crippen LogP contribution is -2.40. The van der Waals surface area contributed by atoms with Gasteiger partial charge < -0.3 is 34.3 Å². The van der Waals surface area contributed by atoms with Crippen LogP contribution < -0.4 is 14.8 Å². The van der Waals surface area contributed by atoms with Crippen LogP contribution >= 0.6 is 0 Å². The van der Waals surface area contributed by atoms with Crippen molar-refractivity contribution in [3.05, 3.63) is 53.6 Å². The lowest BCUT2D eigenvalue weighted by Gasteiger charge is -2.24. The van der Waals surface area contributed by atoms with Crippen LogP contribution in [0.2, 0.25) is 0 Å². The molecule has 0 saturated heterocycles. The number of nitrogens with zero attached hydrogens (tertiary/aromatic N) is 1. The number of carbonyl (C=O) groups excluding carboxylic acids is 1. The largest absolute Gasteiger partial charge is 0.495 e. The second-order valence-corrected chi connectivity index (χ2v) is 8.86. The van der Waals surface area contributed by atoms with Crippen molar-refractivity contribution in [1.82, 2.24) is 4.90 Å². The summed E-state index contributed by atoms with van der Waals surface area (Å²) in [6.45, 7) is 4.84. The first-order valence-electron chi connectivity index (χ1n) is 12.8. The quantitative estimate of drug-likeness (QED) is 0.266. The number of methoxy groups -OCH3 is 1. The zero-order chi connectivity index (χ0) is 28.8. The van der Waals surface area contributed by atoms with Gasteiger partial charge in [-0.05, 0) is 49.2 Å². The first-order chi connectivity index (χ1) is 18.6. The first kappa shape index (κ1) is 31.8. The zero-order valence-corrected chi connectivity index (χ0v) is 22.9. The molecule has 2 rings (SSSR count). The van der Waals surface area contributed by atoms with E-state index in [1.165, 1.54) is 18.9 Å². The normalized spacial score (nSPS) is 12.1. The number of ether oxygens (including phenoxy) is 4. The van der Waals surface area contributed by atoms with Gasteiger partial charge in [-0.3, -0.25) is 0 Å². The monoisotopic (exact) mass is 552 g/mol. The maximum absolute atomic E-state index is 13.5. The minimum atomic E-state index is -2.93. The number of nitrogens with one attached hydrogen (secondary N) is 1. The Labute approximate surface area is 228 Å². The van der Waals surface area contributed by atoms with Gasteiger partial charge in [0, 0.05) is 26.0 Å². The number of carboxylic acid groups (broad SMARTS) is 1. The van der Waals surface area contributed by atoms with Crippen LogP contribution in [0.5, 0.6) is 11.5 Å². The summed E-state index contributed by atoms with van der Waals surface area (Å²) in [5.74, 6) is -2.94. The van der Waals surface area contributed by atoms with Crippen molar-refractivity contribution in [2.45, 2.75) is 45.6 Å². The van der Waals surface area contributed by atoms with Crippen molar-refractivity contribution < 1.29 is 42.4 Å². The van der Waals surface area contributed by atoms with Crippen molar-refractivity contribution >= 4 is 17.7 Å². The van der Waals surface area contributed by atoms with E-state index in [0.717, 1.165) is 11.1 Å². The zero-order valence-electron chi connectivity index (χ0n) is 22.9. The Morgan fingerprint density at radius 3 is 2.38 bits per heavy atom. The summed E-state index contributed by atoms with van der Waals surface area (Å²) in [4.78, 5) is 25.8. The molecular weight excluding hydrogens is 514 g/mol. The van der Waals surface area contributed by atoms with Crippen molar-refractivity contribution in [1.29, 1.82) is 0 Å². The number of hydrogen-bond donors (Lipinski definition) is 2. The molecule has 1 atom stereocenters. The first-order valence-corrected chi connectivity index (χ1v) is 12.8. The van der Waals surface area contributed by atoms with E-state index in [4.69, 9.17) is 18.9 Å². The summed E-state index contributed by atoms with van der Waals surface area (Å²) in [7, 11) is 1.50. The number of rotatable bonds is 17. The Morgan fingerprint density at radius 1 is 1.08 bits per heavy atom. The topological polar surface area (TPSA) is 107 Å². The van der Waals surface area contributed by atoms with E-state index < -0.39 is 30.6 Å². The number of urea groups is 1. The molecule has 1 unspecified atom stereocenters. The molecule has 0 fully saturated rings. The van der Waals surface area contributed by atoms with E-state index in [1.807, 2.05) is 13.0 Å². The number of halogens is 2. The third kappa shape index (κ3) is 11.1. The highest BCUT2D eigenvalue weighted by Gasteiger charge is 2.26. The van der Waals surface area contributed by atoms with Gasteiger partial charge >= 0.3 is 12.0 Å². The van der Waals surface area contributed by atoms with Crippen LogP contribution in [0.3, 0.4) is 0 Å². The molecule has 2 amide bonds. The fourth-order valence-corrected chi connectivity index (χ4v) is 3.56. The highest BCUT2D eigenvalue weighted by atomic mass is 19.3. The van der Waals surface area contributed by atoms with Crippen LogP contribution in [0.25, 0.3) is 0 Å². The van der Waals surface area contributed by atoms with Crippen molar-refractivity contribution in [2.24, 2.45) is 0 Å². The van der Waals surface area contributed by atoms with Crippen LogP contribution in [-0.4, -0.2) is 80.7 Å². The van der Waals surface area contributed by atoms with Gasteiger partial charge in [-0.25, -0.2) is 18.4 Å². The summed E-state index contributed by atoms with van der Waals surface area (Å²) < 4.78 is 48.5. The average molecular weight is 553 g/mol. The highest BCUT2D eigenvalue weighted by molar-refractivity contribution is 5.91. The van der Waals surface area contributed by atoms with E-state index in [-0.39, 0.29) is 39.1 Å². The molecule has 2 aromatic rings. The number of carboxylic acids is 1. The molecule has 0 aliphatic rings. The maximum atomic E-state index is 13.5. The second kappa shape index (κ2) is 15.8. The van der Waals surface area contributed by atoms with E-state index in [9.17, 15) is 23.5 Å². The van der Waals surface area contributed by atoms with E-state index >= 15 is 0 Å². The Bertz CT molecular complexity index is 1050. The minimum absolute atomic E-state index is 0.0655. The number of hydrogen-bond acceptors (Lipinski definition) is 6. The second-order valence-electron chi connectivity index (χ2n) is 8.86. The van der Waals surface area contributed by atoms with Crippen LogP contribution in [-0.2, 0) is 20.7 Å². The van der Waals surface area contributed by atoms with Crippen molar-refractivity contribution in [2.75, 3.05) is 51.9 Å². The molecule has 0 saturated carbocycles. The van der Waals surface area contributed by atoms with E-state index in [1.54, 1.807) is 43.3 Å². The molecule has 0 aliphatic carbocycles. The van der Waals surface area contributed by atoms with Gasteiger partial charge in [-0.1, -0.05) is 25.1 Å². The van der Waals surface area contributed by atoms with Gasteiger partial charge in [-0.15, -0.1) is 0 Å². The van der Waals surface area contributed by atoms with Crippen LogP contribution in [0, 0.1) is 6.92 Å². The molecule has 0 aliphatic heterocycles. The number of anilines is 1. The lowest BCUT2D eigenvalue weighted by molar-refractivity contribution is -0.149. The van der Waals surface area contributed by atoms with Crippen LogP contribution in [0.15, 0.2) is 42.5 Å². The van der Waals surface area contributed by atoms with Crippen LogP contribution in [0.1, 0.15) is 31.4 Å². The summed E-state index contributed by atoms with van der Waals surface area (Å²) in [5.41, 5.74) is 2.18. The predicted octanol–water partition coefficient (Wildman–Crippen LogP) is 5.01. The fourth-order valence-electron chi connectivity index (χ4n) is 3.56.